The molecular formula is C16H18FN3. The molecular weight excluding hydrogens is 253 g/mol. The lowest BCUT2D eigenvalue weighted by atomic mass is 9.83. The molecule has 1 saturated carbocycles. The Bertz CT molecular complexity index is 617. The lowest BCUT2D eigenvalue weighted by molar-refractivity contribution is 0.222. The van der Waals surface area contributed by atoms with Gasteiger partial charge in [-0.3, -0.25) is 0 Å². The van der Waals surface area contributed by atoms with Gasteiger partial charge in [-0.05, 0) is 36.5 Å². The van der Waals surface area contributed by atoms with E-state index >= 15 is 0 Å². The molecule has 2 aliphatic rings. The van der Waals surface area contributed by atoms with E-state index in [-0.39, 0.29) is 5.82 Å². The topological polar surface area (TPSA) is 29.9 Å². The Labute approximate surface area is 117 Å². The zero-order valence-corrected chi connectivity index (χ0v) is 11.3. The quantitative estimate of drug-likeness (QED) is 0.854. The first-order chi connectivity index (χ1) is 9.83. The van der Waals surface area contributed by atoms with Crippen LogP contribution < -0.4 is 5.32 Å². The molecule has 1 N–H and O–H groups in total. The molecule has 0 spiro atoms. The molecule has 1 aromatic carbocycles. The molecule has 0 bridgehead atoms. The van der Waals surface area contributed by atoms with Gasteiger partial charge in [-0.1, -0.05) is 25.0 Å². The zero-order valence-electron chi connectivity index (χ0n) is 11.3. The second-order valence-electron chi connectivity index (χ2n) is 5.85. The molecule has 2 unspecified atom stereocenters. The van der Waals surface area contributed by atoms with E-state index in [2.05, 4.69) is 15.1 Å². The lowest BCUT2D eigenvalue weighted by Gasteiger charge is -2.37. The first-order valence-electron chi connectivity index (χ1n) is 7.40. The molecule has 0 amide bonds. The maximum atomic E-state index is 13.1. The third kappa shape index (κ3) is 1.82. The van der Waals surface area contributed by atoms with E-state index in [4.69, 9.17) is 0 Å². The highest BCUT2D eigenvalue weighted by Gasteiger charge is 2.33. The van der Waals surface area contributed by atoms with Gasteiger partial charge in [0.15, 0.2) is 0 Å². The van der Waals surface area contributed by atoms with Gasteiger partial charge in [0.05, 0.1) is 12.2 Å². The molecule has 0 radical (unpaired) electrons. The predicted octanol–water partition coefficient (Wildman–Crippen LogP) is 3.85. The summed E-state index contributed by atoms with van der Waals surface area (Å²) in [7, 11) is 0. The number of rotatable bonds is 1. The highest BCUT2D eigenvalue weighted by Crippen LogP contribution is 2.41. The fourth-order valence-corrected chi connectivity index (χ4v) is 3.61. The third-order valence-electron chi connectivity index (χ3n) is 4.67. The summed E-state index contributed by atoms with van der Waals surface area (Å²) < 4.78 is 15.2. The molecule has 4 rings (SSSR count). The fourth-order valence-electron chi connectivity index (χ4n) is 3.61. The number of fused-ring (bicyclic) bond motifs is 3. The minimum Gasteiger partial charge on any atom is -0.369 e. The summed E-state index contributed by atoms with van der Waals surface area (Å²) in [6, 6.07) is 7.19. The van der Waals surface area contributed by atoms with Gasteiger partial charge < -0.3 is 5.32 Å². The van der Waals surface area contributed by atoms with E-state index in [1.807, 2.05) is 18.3 Å². The highest BCUT2D eigenvalue weighted by atomic mass is 19.1. The van der Waals surface area contributed by atoms with E-state index < -0.39 is 0 Å². The van der Waals surface area contributed by atoms with E-state index in [9.17, 15) is 4.39 Å². The monoisotopic (exact) mass is 271 g/mol. The molecule has 2 heterocycles. The van der Waals surface area contributed by atoms with Crippen LogP contribution in [0.2, 0.25) is 0 Å². The second-order valence-corrected chi connectivity index (χ2v) is 5.85. The Kier molecular flexibility index (Phi) is 2.76. The summed E-state index contributed by atoms with van der Waals surface area (Å²) in [6.45, 7) is 1.03. The summed E-state index contributed by atoms with van der Waals surface area (Å²) in [5, 5.41) is 8.13. The third-order valence-corrected chi connectivity index (χ3v) is 4.67. The molecule has 20 heavy (non-hydrogen) atoms. The van der Waals surface area contributed by atoms with Gasteiger partial charge in [-0.2, -0.15) is 5.10 Å². The molecule has 2 aromatic rings. The van der Waals surface area contributed by atoms with Gasteiger partial charge in [-0.15, -0.1) is 0 Å². The van der Waals surface area contributed by atoms with Crippen LogP contribution in [0.5, 0.6) is 0 Å². The SMILES string of the molecule is Fc1ccc(-c2cnn3c2NCC2CCCCC23)cc1. The van der Waals surface area contributed by atoms with E-state index in [0.717, 1.165) is 23.5 Å². The van der Waals surface area contributed by atoms with Gasteiger partial charge in [0.25, 0.3) is 0 Å². The average Bonchev–Trinajstić information content (AvgIpc) is 2.92. The van der Waals surface area contributed by atoms with Gasteiger partial charge in [0, 0.05) is 12.1 Å². The van der Waals surface area contributed by atoms with Crippen LogP contribution in [-0.2, 0) is 0 Å². The van der Waals surface area contributed by atoms with Crippen molar-refractivity contribution in [2.24, 2.45) is 5.92 Å². The van der Waals surface area contributed by atoms with Crippen molar-refractivity contribution >= 4 is 5.82 Å². The molecule has 4 heteroatoms. The number of hydrogen-bond acceptors (Lipinski definition) is 2. The standard InChI is InChI=1S/C16H18FN3/c17-13-7-5-11(6-8-13)14-10-19-20-15-4-2-1-3-12(15)9-18-16(14)20/h5-8,10,12,15,18H,1-4,9H2. The first kappa shape index (κ1) is 11.9. The normalized spacial score (nSPS) is 24.6. The fraction of sp³-hybridized carbons (Fsp3) is 0.438. The number of hydrogen-bond donors (Lipinski definition) is 1. The summed E-state index contributed by atoms with van der Waals surface area (Å²) in [5.74, 6) is 1.60. The van der Waals surface area contributed by atoms with Gasteiger partial charge in [0.1, 0.15) is 11.6 Å². The lowest BCUT2D eigenvalue weighted by Crippen LogP contribution is -2.35. The Morgan fingerprint density at radius 2 is 1.95 bits per heavy atom. The summed E-state index contributed by atoms with van der Waals surface area (Å²) >= 11 is 0. The van der Waals surface area contributed by atoms with Crippen LogP contribution in [0.4, 0.5) is 10.2 Å². The molecule has 1 aliphatic heterocycles. The number of halogens is 1. The average molecular weight is 271 g/mol. The van der Waals surface area contributed by atoms with Crippen molar-refractivity contribution in [1.29, 1.82) is 0 Å². The Balaban J connectivity index is 1.74. The number of benzene rings is 1. The number of aromatic nitrogens is 2. The van der Waals surface area contributed by atoms with Crippen LogP contribution in [0, 0.1) is 11.7 Å². The zero-order chi connectivity index (χ0) is 13.5. The van der Waals surface area contributed by atoms with E-state index in [1.165, 1.54) is 37.8 Å². The van der Waals surface area contributed by atoms with Crippen LogP contribution in [0.15, 0.2) is 30.5 Å². The highest BCUT2D eigenvalue weighted by molar-refractivity contribution is 5.75. The molecule has 104 valence electrons. The summed E-state index contributed by atoms with van der Waals surface area (Å²) in [4.78, 5) is 0. The van der Waals surface area contributed by atoms with Crippen molar-refractivity contribution < 1.29 is 4.39 Å². The molecule has 1 aromatic heterocycles. The van der Waals surface area contributed by atoms with Crippen LogP contribution in [0.3, 0.4) is 0 Å². The van der Waals surface area contributed by atoms with Crippen LogP contribution in [0.25, 0.3) is 11.1 Å². The minimum absolute atomic E-state index is 0.199. The van der Waals surface area contributed by atoms with Gasteiger partial charge in [0.2, 0.25) is 0 Å². The Hall–Kier alpha value is -1.84. The number of anilines is 1. The van der Waals surface area contributed by atoms with Crippen LogP contribution in [0.1, 0.15) is 31.7 Å². The predicted molar refractivity (Wildman–Crippen MR) is 77.1 cm³/mol. The van der Waals surface area contributed by atoms with Crippen molar-refractivity contribution in [2.45, 2.75) is 31.7 Å². The van der Waals surface area contributed by atoms with E-state index in [1.54, 1.807) is 0 Å². The second kappa shape index (κ2) is 4.62. The Morgan fingerprint density at radius 3 is 2.80 bits per heavy atom. The van der Waals surface area contributed by atoms with Crippen LogP contribution >= 0.6 is 0 Å². The molecule has 2 atom stereocenters. The molecule has 1 aliphatic carbocycles. The summed E-state index contributed by atoms with van der Waals surface area (Å²) in [5.41, 5.74) is 2.10. The molecule has 3 nitrogen and oxygen atoms in total. The first-order valence-corrected chi connectivity index (χ1v) is 7.40. The maximum Gasteiger partial charge on any atom is 0.132 e. The van der Waals surface area contributed by atoms with Gasteiger partial charge >= 0.3 is 0 Å². The Morgan fingerprint density at radius 1 is 1.15 bits per heavy atom. The van der Waals surface area contributed by atoms with Crippen molar-refractivity contribution in [3.8, 4) is 11.1 Å². The van der Waals surface area contributed by atoms with Crippen LogP contribution in [-0.4, -0.2) is 16.3 Å². The molecule has 1 fully saturated rings. The van der Waals surface area contributed by atoms with Crippen molar-refractivity contribution in [1.82, 2.24) is 9.78 Å². The van der Waals surface area contributed by atoms with Crippen molar-refractivity contribution in [3.63, 3.8) is 0 Å². The molecule has 0 saturated heterocycles. The van der Waals surface area contributed by atoms with Crippen molar-refractivity contribution in [3.05, 3.63) is 36.3 Å². The summed E-state index contributed by atoms with van der Waals surface area (Å²) in [6.07, 6.45) is 7.07. The van der Waals surface area contributed by atoms with E-state index in [0.29, 0.717) is 12.0 Å². The number of nitrogens with one attached hydrogen (secondary N) is 1. The smallest absolute Gasteiger partial charge is 0.132 e. The largest absolute Gasteiger partial charge is 0.369 e. The van der Waals surface area contributed by atoms with Crippen molar-refractivity contribution in [2.75, 3.05) is 11.9 Å². The van der Waals surface area contributed by atoms with Gasteiger partial charge in [-0.25, -0.2) is 9.07 Å². The maximum absolute atomic E-state index is 13.1. The minimum atomic E-state index is -0.199. The number of nitrogens with zero attached hydrogens (tertiary/aromatic N) is 2.